The van der Waals surface area contributed by atoms with Crippen molar-refractivity contribution in [1.82, 2.24) is 14.3 Å². The summed E-state index contributed by atoms with van der Waals surface area (Å²) in [5, 5.41) is 0. The Morgan fingerprint density at radius 3 is 2.12 bits per heavy atom. The molecular formula is C26H21F8N3O3S. The van der Waals surface area contributed by atoms with Gasteiger partial charge in [-0.25, -0.2) is 27.2 Å². The molecule has 1 saturated heterocycles. The number of halogens is 8. The Bertz CT molecular complexity index is 1530. The monoisotopic (exact) mass is 607 g/mol. The molecule has 0 aliphatic carbocycles. The van der Waals surface area contributed by atoms with E-state index in [9.17, 15) is 48.3 Å². The van der Waals surface area contributed by atoms with Crippen molar-refractivity contribution in [2.75, 3.05) is 0 Å². The van der Waals surface area contributed by atoms with Crippen molar-refractivity contribution in [3.8, 4) is 11.1 Å². The number of ketones is 1. The second-order valence-corrected chi connectivity index (χ2v) is 11.3. The van der Waals surface area contributed by atoms with Crippen LogP contribution in [0.15, 0.2) is 59.8 Å². The normalized spacial score (nSPS) is 20.4. The van der Waals surface area contributed by atoms with E-state index in [2.05, 4.69) is 9.97 Å². The number of carbonyl (C=O) groups excluding carboxylic acids is 1. The van der Waals surface area contributed by atoms with E-state index >= 15 is 0 Å². The molecule has 0 saturated carbocycles. The molecule has 2 aromatic carbocycles. The number of Topliss-reactive ketones (excluding diaryl/α,β-unsaturated/α-hetero) is 1. The van der Waals surface area contributed by atoms with Crippen molar-refractivity contribution < 1.29 is 48.3 Å². The number of hydrogen-bond acceptors (Lipinski definition) is 5. The Morgan fingerprint density at radius 1 is 0.951 bits per heavy atom. The fraction of sp³-hybridized carbons (Fsp3) is 0.346. The number of benzene rings is 2. The molecule has 3 atom stereocenters. The van der Waals surface area contributed by atoms with Crippen LogP contribution >= 0.6 is 0 Å². The minimum absolute atomic E-state index is 0.0132. The molecule has 1 aromatic heterocycles. The Kier molecular flexibility index (Phi) is 8.24. The van der Waals surface area contributed by atoms with Crippen molar-refractivity contribution in [2.45, 2.75) is 61.7 Å². The zero-order chi connectivity index (χ0) is 30.3. The Morgan fingerprint density at radius 2 is 1.56 bits per heavy atom. The third kappa shape index (κ3) is 6.40. The standard InChI is InChI=1S/C26H21F8N3O3S/c1-14-21(28)11-22(37(14)41(39,40)19-6-4-18(27)5-7-19)23(38)9-3-16-10-15(2-8-20(16)25(29,30)31)17-12-35-24(36-13-17)26(32,33)34/h2,4-8,10,12-14,21-22H,3,9,11H2,1H3/t14-,21+,22-/m0/s1. The van der Waals surface area contributed by atoms with E-state index < -0.39 is 82.9 Å². The van der Waals surface area contributed by atoms with Gasteiger partial charge in [-0.3, -0.25) is 4.79 Å². The van der Waals surface area contributed by atoms with Crippen molar-refractivity contribution in [3.63, 3.8) is 0 Å². The molecule has 1 fully saturated rings. The molecular weight excluding hydrogens is 586 g/mol. The van der Waals surface area contributed by atoms with Crippen molar-refractivity contribution in [1.29, 1.82) is 0 Å². The third-order valence-electron chi connectivity index (χ3n) is 6.73. The van der Waals surface area contributed by atoms with Gasteiger partial charge in [0.25, 0.3) is 0 Å². The summed E-state index contributed by atoms with van der Waals surface area (Å²) < 4.78 is 135. The third-order valence-corrected chi connectivity index (χ3v) is 8.74. The highest BCUT2D eigenvalue weighted by Crippen LogP contribution is 2.37. The topological polar surface area (TPSA) is 80.2 Å². The summed E-state index contributed by atoms with van der Waals surface area (Å²) in [7, 11) is -4.47. The lowest BCUT2D eigenvalue weighted by Crippen LogP contribution is -2.44. The van der Waals surface area contributed by atoms with Crippen LogP contribution in [0.5, 0.6) is 0 Å². The number of aromatic nitrogens is 2. The van der Waals surface area contributed by atoms with Gasteiger partial charge >= 0.3 is 12.4 Å². The number of nitrogens with zero attached hydrogens (tertiary/aromatic N) is 3. The highest BCUT2D eigenvalue weighted by molar-refractivity contribution is 7.89. The van der Waals surface area contributed by atoms with Gasteiger partial charge in [0.15, 0.2) is 5.78 Å². The maximum atomic E-state index is 14.7. The largest absolute Gasteiger partial charge is 0.451 e. The number of carbonyl (C=O) groups is 1. The molecule has 15 heteroatoms. The maximum Gasteiger partial charge on any atom is 0.451 e. The smallest absolute Gasteiger partial charge is 0.298 e. The fourth-order valence-electron chi connectivity index (χ4n) is 4.65. The van der Waals surface area contributed by atoms with E-state index in [1.807, 2.05) is 0 Å². The summed E-state index contributed by atoms with van der Waals surface area (Å²) in [5.74, 6) is -2.99. The molecule has 0 amide bonds. The van der Waals surface area contributed by atoms with Crippen LogP contribution < -0.4 is 0 Å². The fourth-order valence-corrected chi connectivity index (χ4v) is 6.48. The molecule has 6 nitrogen and oxygen atoms in total. The highest BCUT2D eigenvalue weighted by Gasteiger charge is 2.49. The summed E-state index contributed by atoms with van der Waals surface area (Å²) in [6.45, 7) is 1.25. The summed E-state index contributed by atoms with van der Waals surface area (Å²) in [6.07, 6.45) is -11.5. The molecule has 1 aliphatic heterocycles. The Balaban J connectivity index is 1.61. The maximum absolute atomic E-state index is 14.7. The van der Waals surface area contributed by atoms with Gasteiger partial charge in [-0.2, -0.15) is 30.6 Å². The number of alkyl halides is 7. The van der Waals surface area contributed by atoms with Crippen molar-refractivity contribution >= 4 is 15.8 Å². The first-order chi connectivity index (χ1) is 19.0. The summed E-state index contributed by atoms with van der Waals surface area (Å²) in [4.78, 5) is 19.2. The van der Waals surface area contributed by atoms with E-state index in [0.29, 0.717) is 10.4 Å². The average molecular weight is 608 g/mol. The second kappa shape index (κ2) is 11.1. The van der Waals surface area contributed by atoms with Gasteiger partial charge < -0.3 is 0 Å². The second-order valence-electron chi connectivity index (χ2n) is 9.43. The quantitative estimate of drug-likeness (QED) is 0.308. The minimum atomic E-state index is -4.85. The lowest BCUT2D eigenvalue weighted by atomic mass is 9.95. The Labute approximate surface area is 229 Å². The predicted molar refractivity (Wildman–Crippen MR) is 129 cm³/mol. The van der Waals surface area contributed by atoms with Crippen LogP contribution in [-0.2, 0) is 33.6 Å². The minimum Gasteiger partial charge on any atom is -0.298 e. The molecule has 1 aliphatic rings. The zero-order valence-electron chi connectivity index (χ0n) is 21.0. The summed E-state index contributed by atoms with van der Waals surface area (Å²) in [6, 6.07) is 3.63. The Hall–Kier alpha value is -3.46. The average Bonchev–Trinajstić information content (AvgIpc) is 3.21. The molecule has 0 radical (unpaired) electrons. The van der Waals surface area contributed by atoms with Crippen LogP contribution in [0.3, 0.4) is 0 Å². The van der Waals surface area contributed by atoms with Gasteiger partial charge in [0.1, 0.15) is 12.0 Å². The molecule has 0 spiro atoms. The molecule has 2 heterocycles. The summed E-state index contributed by atoms with van der Waals surface area (Å²) >= 11 is 0. The first-order valence-electron chi connectivity index (χ1n) is 12.1. The zero-order valence-corrected chi connectivity index (χ0v) is 21.9. The molecule has 0 bridgehead atoms. The molecule has 0 unspecified atom stereocenters. The van der Waals surface area contributed by atoms with Gasteiger partial charge in [-0.1, -0.05) is 12.1 Å². The van der Waals surface area contributed by atoms with E-state index in [4.69, 9.17) is 0 Å². The van der Waals surface area contributed by atoms with Crippen LogP contribution in [0.25, 0.3) is 11.1 Å². The summed E-state index contributed by atoms with van der Waals surface area (Å²) in [5.41, 5.74) is -1.46. The number of sulfonamides is 1. The van der Waals surface area contributed by atoms with Crippen LogP contribution in [-0.4, -0.2) is 46.7 Å². The number of rotatable bonds is 7. The van der Waals surface area contributed by atoms with Gasteiger partial charge in [0.05, 0.1) is 22.5 Å². The van der Waals surface area contributed by atoms with Gasteiger partial charge in [0, 0.05) is 30.8 Å². The van der Waals surface area contributed by atoms with Crippen LogP contribution in [0.1, 0.15) is 36.7 Å². The number of hydrogen-bond donors (Lipinski definition) is 0. The SMILES string of the molecule is C[C@H]1[C@H](F)C[C@@H](C(=O)CCc2cc(-c3cnc(C(F)(F)F)nc3)ccc2C(F)(F)F)N1S(=O)(=O)c1ccc(F)cc1. The lowest BCUT2D eigenvalue weighted by molar-refractivity contribution is -0.145. The lowest BCUT2D eigenvalue weighted by Gasteiger charge is -2.27. The highest BCUT2D eigenvalue weighted by atomic mass is 32.2. The molecule has 3 aromatic rings. The molecule has 220 valence electrons. The van der Waals surface area contributed by atoms with Crippen molar-refractivity contribution in [2.24, 2.45) is 0 Å². The van der Waals surface area contributed by atoms with E-state index in [1.54, 1.807) is 0 Å². The predicted octanol–water partition coefficient (Wildman–Crippen LogP) is 6.01. The first kappa shape index (κ1) is 30.5. The van der Waals surface area contributed by atoms with Crippen molar-refractivity contribution in [3.05, 3.63) is 77.6 Å². The van der Waals surface area contributed by atoms with E-state index in [0.717, 1.165) is 48.8 Å². The van der Waals surface area contributed by atoms with Gasteiger partial charge in [0.2, 0.25) is 15.8 Å². The van der Waals surface area contributed by atoms with Gasteiger partial charge in [-0.15, -0.1) is 0 Å². The van der Waals surface area contributed by atoms with E-state index in [-0.39, 0.29) is 21.6 Å². The molecule has 0 N–H and O–H groups in total. The van der Waals surface area contributed by atoms with E-state index in [1.165, 1.54) is 6.92 Å². The molecule has 4 rings (SSSR count). The number of aryl methyl sites for hydroxylation is 1. The van der Waals surface area contributed by atoms with Crippen LogP contribution in [0, 0.1) is 5.82 Å². The van der Waals surface area contributed by atoms with Gasteiger partial charge in [-0.05, 0) is 54.8 Å². The molecule has 41 heavy (non-hydrogen) atoms. The first-order valence-corrected chi connectivity index (χ1v) is 13.5. The van der Waals surface area contributed by atoms with Crippen LogP contribution in [0.2, 0.25) is 0 Å². The van der Waals surface area contributed by atoms with Crippen LogP contribution in [0.4, 0.5) is 35.1 Å².